The minimum atomic E-state index is -1.06. The van der Waals surface area contributed by atoms with Crippen molar-refractivity contribution >= 4 is 16.9 Å². The summed E-state index contributed by atoms with van der Waals surface area (Å²) in [4.78, 5) is 23.1. The van der Waals surface area contributed by atoms with Crippen molar-refractivity contribution in [1.82, 2.24) is 9.78 Å². The SMILES string of the molecule is COc1cc(C(=O)O)cc2c1c(=O)[nH]n2CC1CCO1. The van der Waals surface area contributed by atoms with Gasteiger partial charge in [0.15, 0.2) is 0 Å². The van der Waals surface area contributed by atoms with Crippen LogP contribution in [0.25, 0.3) is 10.9 Å². The van der Waals surface area contributed by atoms with Gasteiger partial charge in [0.05, 0.1) is 30.8 Å². The third-order valence-corrected chi connectivity index (χ3v) is 3.48. The fourth-order valence-electron chi connectivity index (χ4n) is 2.34. The number of carboxylic acids is 1. The molecule has 0 bridgehead atoms. The van der Waals surface area contributed by atoms with E-state index in [-0.39, 0.29) is 23.0 Å². The number of benzene rings is 1. The first-order valence-electron chi connectivity index (χ1n) is 6.25. The van der Waals surface area contributed by atoms with Crippen molar-refractivity contribution in [2.45, 2.75) is 19.1 Å². The zero-order valence-corrected chi connectivity index (χ0v) is 10.9. The molecule has 0 spiro atoms. The molecule has 0 amide bonds. The molecule has 20 heavy (non-hydrogen) atoms. The van der Waals surface area contributed by atoms with Gasteiger partial charge in [0.1, 0.15) is 11.1 Å². The average Bonchev–Trinajstić information content (AvgIpc) is 2.70. The maximum absolute atomic E-state index is 12.0. The number of rotatable bonds is 4. The Hall–Kier alpha value is -2.28. The first-order valence-corrected chi connectivity index (χ1v) is 6.25. The van der Waals surface area contributed by atoms with Crippen LogP contribution >= 0.6 is 0 Å². The molecule has 7 nitrogen and oxygen atoms in total. The second-order valence-electron chi connectivity index (χ2n) is 4.71. The summed E-state index contributed by atoms with van der Waals surface area (Å²) in [6.07, 6.45) is 0.984. The van der Waals surface area contributed by atoms with Crippen molar-refractivity contribution in [1.29, 1.82) is 0 Å². The van der Waals surface area contributed by atoms with E-state index in [2.05, 4.69) is 5.10 Å². The summed E-state index contributed by atoms with van der Waals surface area (Å²) in [5.74, 6) is -0.806. The summed E-state index contributed by atoms with van der Waals surface area (Å²) in [6.45, 7) is 1.21. The number of aromatic carboxylic acids is 1. The van der Waals surface area contributed by atoms with Crippen LogP contribution in [-0.2, 0) is 11.3 Å². The fourth-order valence-corrected chi connectivity index (χ4v) is 2.34. The predicted molar refractivity (Wildman–Crippen MR) is 70.4 cm³/mol. The second-order valence-corrected chi connectivity index (χ2v) is 4.71. The van der Waals surface area contributed by atoms with Crippen molar-refractivity contribution in [2.24, 2.45) is 0 Å². The summed E-state index contributed by atoms with van der Waals surface area (Å²) in [6, 6.07) is 2.82. The molecular weight excluding hydrogens is 264 g/mol. The molecule has 1 aliphatic rings. The van der Waals surface area contributed by atoms with Gasteiger partial charge < -0.3 is 14.6 Å². The van der Waals surface area contributed by atoms with E-state index in [1.165, 1.54) is 19.2 Å². The molecule has 1 fully saturated rings. The van der Waals surface area contributed by atoms with Crippen LogP contribution in [0.2, 0.25) is 0 Å². The predicted octanol–water partition coefficient (Wildman–Crippen LogP) is 0.825. The van der Waals surface area contributed by atoms with Gasteiger partial charge in [-0.05, 0) is 18.6 Å². The molecule has 1 atom stereocenters. The lowest BCUT2D eigenvalue weighted by atomic mass is 10.1. The Bertz CT molecular complexity index is 726. The molecule has 106 valence electrons. The van der Waals surface area contributed by atoms with Gasteiger partial charge in [0.2, 0.25) is 0 Å². The molecule has 2 aromatic rings. The number of fused-ring (bicyclic) bond motifs is 1. The van der Waals surface area contributed by atoms with E-state index in [1.807, 2.05) is 0 Å². The molecule has 1 unspecified atom stereocenters. The van der Waals surface area contributed by atoms with Crippen LogP contribution in [-0.4, -0.2) is 40.7 Å². The number of nitrogens with one attached hydrogen (secondary N) is 1. The Morgan fingerprint density at radius 3 is 2.90 bits per heavy atom. The van der Waals surface area contributed by atoms with Crippen LogP contribution < -0.4 is 10.3 Å². The molecule has 1 saturated heterocycles. The molecule has 2 N–H and O–H groups in total. The summed E-state index contributed by atoms with van der Waals surface area (Å²) in [5, 5.41) is 12.2. The Morgan fingerprint density at radius 1 is 1.60 bits per heavy atom. The van der Waals surface area contributed by atoms with Crippen LogP contribution in [0.1, 0.15) is 16.8 Å². The normalized spacial score (nSPS) is 17.9. The minimum absolute atomic E-state index is 0.0562. The summed E-state index contributed by atoms with van der Waals surface area (Å²) >= 11 is 0. The monoisotopic (exact) mass is 278 g/mol. The zero-order valence-electron chi connectivity index (χ0n) is 10.9. The van der Waals surface area contributed by atoms with Crippen LogP contribution in [0.3, 0.4) is 0 Å². The number of ether oxygens (including phenoxy) is 2. The quantitative estimate of drug-likeness (QED) is 0.863. The first-order chi connectivity index (χ1) is 9.60. The zero-order chi connectivity index (χ0) is 14.3. The first kappa shape index (κ1) is 12.7. The molecule has 1 aromatic carbocycles. The Morgan fingerprint density at radius 2 is 2.35 bits per heavy atom. The molecule has 7 heteroatoms. The van der Waals surface area contributed by atoms with Crippen molar-refractivity contribution < 1.29 is 19.4 Å². The largest absolute Gasteiger partial charge is 0.496 e. The van der Waals surface area contributed by atoms with Gasteiger partial charge >= 0.3 is 5.97 Å². The lowest BCUT2D eigenvalue weighted by Gasteiger charge is -2.26. The van der Waals surface area contributed by atoms with E-state index in [4.69, 9.17) is 14.6 Å². The average molecular weight is 278 g/mol. The molecule has 1 aliphatic heterocycles. The van der Waals surface area contributed by atoms with E-state index < -0.39 is 5.97 Å². The Kier molecular flexibility index (Phi) is 2.98. The van der Waals surface area contributed by atoms with E-state index in [0.717, 1.165) is 13.0 Å². The number of methoxy groups -OCH3 is 1. The number of aromatic nitrogens is 2. The number of H-pyrrole nitrogens is 1. The maximum atomic E-state index is 12.0. The minimum Gasteiger partial charge on any atom is -0.496 e. The molecule has 1 aromatic heterocycles. The topological polar surface area (TPSA) is 93.5 Å². The lowest BCUT2D eigenvalue weighted by Crippen LogP contribution is -2.31. The number of hydrogen-bond acceptors (Lipinski definition) is 4. The molecule has 0 saturated carbocycles. The summed E-state index contributed by atoms with van der Waals surface area (Å²) in [7, 11) is 1.41. The lowest BCUT2D eigenvalue weighted by molar-refractivity contribution is -0.0603. The highest BCUT2D eigenvalue weighted by atomic mass is 16.5. The number of nitrogens with zero attached hydrogens (tertiary/aromatic N) is 1. The molecule has 0 radical (unpaired) electrons. The highest BCUT2D eigenvalue weighted by Crippen LogP contribution is 2.26. The Balaban J connectivity index is 2.18. The van der Waals surface area contributed by atoms with E-state index >= 15 is 0 Å². The Labute approximate surface area is 113 Å². The van der Waals surface area contributed by atoms with Gasteiger partial charge in [-0.2, -0.15) is 0 Å². The standard InChI is InChI=1S/C13H14N2O5/c1-19-10-5-7(13(17)18)4-9-11(10)12(16)14-15(9)6-8-2-3-20-8/h4-5,8H,2-3,6H2,1H3,(H,14,16)(H,17,18). The molecular formula is C13H14N2O5. The van der Waals surface area contributed by atoms with Crippen LogP contribution in [0.15, 0.2) is 16.9 Å². The van der Waals surface area contributed by atoms with E-state index in [1.54, 1.807) is 4.68 Å². The van der Waals surface area contributed by atoms with Crippen molar-refractivity contribution in [3.8, 4) is 5.75 Å². The summed E-state index contributed by atoms with van der Waals surface area (Å²) in [5.41, 5.74) is 0.298. The van der Waals surface area contributed by atoms with E-state index in [0.29, 0.717) is 17.4 Å². The van der Waals surface area contributed by atoms with Crippen molar-refractivity contribution in [3.63, 3.8) is 0 Å². The van der Waals surface area contributed by atoms with Crippen LogP contribution in [0.4, 0.5) is 0 Å². The van der Waals surface area contributed by atoms with Gasteiger partial charge in [-0.25, -0.2) is 4.79 Å². The maximum Gasteiger partial charge on any atom is 0.335 e. The van der Waals surface area contributed by atoms with Crippen molar-refractivity contribution in [2.75, 3.05) is 13.7 Å². The fraction of sp³-hybridized carbons (Fsp3) is 0.385. The number of hydrogen-bond donors (Lipinski definition) is 2. The van der Waals surface area contributed by atoms with Gasteiger partial charge in [-0.15, -0.1) is 0 Å². The van der Waals surface area contributed by atoms with Crippen LogP contribution in [0.5, 0.6) is 5.75 Å². The van der Waals surface area contributed by atoms with E-state index in [9.17, 15) is 9.59 Å². The van der Waals surface area contributed by atoms with Gasteiger partial charge in [0.25, 0.3) is 5.56 Å². The van der Waals surface area contributed by atoms with Gasteiger partial charge in [-0.1, -0.05) is 0 Å². The highest BCUT2D eigenvalue weighted by molar-refractivity contribution is 5.96. The highest BCUT2D eigenvalue weighted by Gasteiger charge is 2.22. The smallest absolute Gasteiger partial charge is 0.335 e. The number of carbonyl (C=O) groups is 1. The number of aromatic amines is 1. The van der Waals surface area contributed by atoms with Gasteiger partial charge in [0, 0.05) is 6.61 Å². The third kappa shape index (κ3) is 1.96. The van der Waals surface area contributed by atoms with Crippen molar-refractivity contribution in [3.05, 3.63) is 28.0 Å². The second kappa shape index (κ2) is 4.68. The molecule has 3 rings (SSSR count). The third-order valence-electron chi connectivity index (χ3n) is 3.48. The summed E-state index contributed by atoms with van der Waals surface area (Å²) < 4.78 is 12.1. The molecule has 0 aliphatic carbocycles. The van der Waals surface area contributed by atoms with Crippen LogP contribution in [0, 0.1) is 0 Å². The van der Waals surface area contributed by atoms with Gasteiger partial charge in [-0.3, -0.25) is 14.6 Å². The number of carboxylic acid groups (broad SMARTS) is 1. The molecule has 2 heterocycles.